The second kappa shape index (κ2) is 7.76. The minimum Gasteiger partial charge on any atom is -0.481 e. The summed E-state index contributed by atoms with van der Waals surface area (Å²) in [6.45, 7) is 0.921. The summed E-state index contributed by atoms with van der Waals surface area (Å²) in [5.41, 5.74) is 4.75. The Bertz CT molecular complexity index is 1260. The Morgan fingerprint density at radius 3 is 2.21 bits per heavy atom. The van der Waals surface area contributed by atoms with Crippen molar-refractivity contribution < 1.29 is 28.6 Å². The molecule has 2 unspecified atom stereocenters. The van der Waals surface area contributed by atoms with E-state index in [-0.39, 0.29) is 47.6 Å². The molecule has 34 heavy (non-hydrogen) atoms. The number of nitrogens with one attached hydrogen (secondary N) is 1. The van der Waals surface area contributed by atoms with Crippen molar-refractivity contribution >= 4 is 23.7 Å². The molecule has 6 rings (SSSR count). The number of carboxylic acids is 1. The summed E-state index contributed by atoms with van der Waals surface area (Å²) in [7, 11) is 0. The van der Waals surface area contributed by atoms with Crippen LogP contribution in [0.2, 0.25) is 0 Å². The zero-order chi connectivity index (χ0) is 23.4. The molecule has 3 aliphatic rings. The molecule has 0 spiro atoms. The van der Waals surface area contributed by atoms with Crippen LogP contribution in [0.5, 0.6) is 0 Å². The first-order chi connectivity index (χ1) is 16.5. The average molecular weight is 458 g/mol. The molecule has 2 atom stereocenters. The summed E-state index contributed by atoms with van der Waals surface area (Å²) in [5.74, 6) is -1.60. The normalized spacial score (nSPS) is 22.0. The minimum atomic E-state index is -0.808. The van der Waals surface area contributed by atoms with Crippen LogP contribution >= 0.6 is 0 Å². The van der Waals surface area contributed by atoms with Crippen molar-refractivity contribution in [2.24, 2.45) is 17.8 Å². The first kappa shape index (κ1) is 20.5. The number of nitrogens with zero attached hydrogens (tertiary/aromatic N) is 1. The Morgan fingerprint density at radius 2 is 1.59 bits per heavy atom. The quantitative estimate of drug-likeness (QED) is 0.597. The number of aliphatic carboxylic acids is 1. The Kier molecular flexibility index (Phi) is 4.69. The molecule has 1 aromatic heterocycles. The van der Waals surface area contributed by atoms with Gasteiger partial charge in [-0.1, -0.05) is 48.5 Å². The third-order valence-electron chi connectivity index (χ3n) is 7.21. The van der Waals surface area contributed by atoms with Crippen molar-refractivity contribution in [1.82, 2.24) is 4.90 Å². The Labute approximate surface area is 195 Å². The van der Waals surface area contributed by atoms with E-state index in [2.05, 4.69) is 17.4 Å². The second-order valence-electron chi connectivity index (χ2n) is 9.02. The highest BCUT2D eigenvalue weighted by Gasteiger charge is 2.60. The van der Waals surface area contributed by atoms with Gasteiger partial charge in [0.2, 0.25) is 5.76 Å². The molecule has 2 aromatic carbocycles. The number of ether oxygens (including phenoxy) is 1. The number of carbonyl (C=O) groups is 3. The number of furan rings is 1. The number of fused-ring (bicyclic) bond motifs is 4. The van der Waals surface area contributed by atoms with Crippen LogP contribution in [0.1, 0.15) is 27.6 Å². The third-order valence-corrected chi connectivity index (χ3v) is 7.21. The zero-order valence-corrected chi connectivity index (χ0v) is 18.1. The number of hydrogen-bond donors (Lipinski definition) is 2. The molecule has 1 saturated carbocycles. The van der Waals surface area contributed by atoms with Gasteiger partial charge in [-0.2, -0.15) is 0 Å². The monoisotopic (exact) mass is 458 g/mol. The largest absolute Gasteiger partial charge is 0.481 e. The molecular formula is C26H22N2O6. The fourth-order valence-corrected chi connectivity index (χ4v) is 5.52. The molecule has 2 fully saturated rings. The van der Waals surface area contributed by atoms with Gasteiger partial charge in [-0.05, 0) is 34.1 Å². The van der Waals surface area contributed by atoms with Crippen LogP contribution in [-0.4, -0.2) is 47.7 Å². The molecule has 1 saturated heterocycles. The van der Waals surface area contributed by atoms with E-state index in [1.807, 2.05) is 36.4 Å². The summed E-state index contributed by atoms with van der Waals surface area (Å²) in [6.07, 6.45) is 0.663. The van der Waals surface area contributed by atoms with E-state index < -0.39 is 12.1 Å². The third kappa shape index (κ3) is 3.25. The molecule has 0 radical (unpaired) electrons. The number of anilines is 1. The van der Waals surface area contributed by atoms with Crippen LogP contribution in [0.15, 0.2) is 65.3 Å². The predicted molar refractivity (Wildman–Crippen MR) is 121 cm³/mol. The fraction of sp³-hybridized carbons (Fsp3) is 0.269. The van der Waals surface area contributed by atoms with E-state index in [9.17, 15) is 14.4 Å². The maximum atomic E-state index is 12.9. The van der Waals surface area contributed by atoms with Gasteiger partial charge in [-0.15, -0.1) is 0 Å². The maximum absolute atomic E-state index is 12.9. The number of carboxylic acid groups (broad SMARTS) is 1. The van der Waals surface area contributed by atoms with Crippen molar-refractivity contribution in [2.75, 3.05) is 25.0 Å². The van der Waals surface area contributed by atoms with Gasteiger partial charge in [0.05, 0.1) is 17.9 Å². The lowest BCUT2D eigenvalue weighted by Gasteiger charge is -2.18. The number of hydrogen-bond acceptors (Lipinski definition) is 5. The van der Waals surface area contributed by atoms with Crippen LogP contribution in [0.4, 0.5) is 10.5 Å². The molecule has 3 aromatic rings. The van der Waals surface area contributed by atoms with Crippen molar-refractivity contribution in [2.45, 2.75) is 5.92 Å². The van der Waals surface area contributed by atoms with Gasteiger partial charge >= 0.3 is 12.1 Å². The smallest absolute Gasteiger partial charge is 0.411 e. The van der Waals surface area contributed by atoms with Gasteiger partial charge in [0.15, 0.2) is 0 Å². The van der Waals surface area contributed by atoms with Crippen LogP contribution < -0.4 is 5.32 Å². The van der Waals surface area contributed by atoms with Gasteiger partial charge in [-0.25, -0.2) is 4.79 Å². The number of likely N-dealkylation sites (tertiary alicyclic amines) is 1. The highest BCUT2D eigenvalue weighted by Crippen LogP contribution is 2.52. The van der Waals surface area contributed by atoms with E-state index in [1.54, 1.807) is 4.90 Å². The Balaban J connectivity index is 1.11. The van der Waals surface area contributed by atoms with Crippen molar-refractivity contribution in [3.63, 3.8) is 0 Å². The van der Waals surface area contributed by atoms with Gasteiger partial charge in [0.1, 0.15) is 6.61 Å². The molecule has 2 N–H and O–H groups in total. The van der Waals surface area contributed by atoms with E-state index in [1.165, 1.54) is 12.3 Å². The average Bonchev–Trinajstić information content (AvgIpc) is 3.19. The Morgan fingerprint density at radius 1 is 0.971 bits per heavy atom. The van der Waals surface area contributed by atoms with Crippen molar-refractivity contribution in [1.29, 1.82) is 0 Å². The van der Waals surface area contributed by atoms with Crippen LogP contribution in [0, 0.1) is 17.8 Å². The SMILES string of the molecule is O=C(Nc1ccoc1C(=O)N1CC2C(C1)C2C(=O)O)OCC1c2ccccc2-c2ccccc21. The molecule has 2 amide bonds. The number of amides is 2. The first-order valence-corrected chi connectivity index (χ1v) is 11.2. The van der Waals surface area contributed by atoms with Crippen molar-refractivity contribution in [3.05, 3.63) is 77.7 Å². The van der Waals surface area contributed by atoms with Gasteiger partial charge in [-0.3, -0.25) is 14.9 Å². The van der Waals surface area contributed by atoms with E-state index in [0.717, 1.165) is 22.3 Å². The molecule has 0 bridgehead atoms. The summed E-state index contributed by atoms with van der Waals surface area (Å²) in [6, 6.07) is 17.7. The van der Waals surface area contributed by atoms with Gasteiger partial charge < -0.3 is 19.2 Å². The highest BCUT2D eigenvalue weighted by atomic mass is 16.5. The van der Waals surface area contributed by atoms with Gasteiger partial charge in [0, 0.05) is 25.1 Å². The standard InChI is InChI=1S/C26H22N2O6/c29-24(28-11-18-19(12-28)22(18)25(30)31)23-21(9-10-33-23)27-26(32)34-13-20-16-7-3-1-5-14(16)15-6-2-4-8-17(15)20/h1-10,18-20,22H,11-13H2,(H,27,32)(H,30,31). The molecule has 2 aliphatic carbocycles. The van der Waals surface area contributed by atoms with Crippen LogP contribution in [-0.2, 0) is 9.53 Å². The summed E-state index contributed by atoms with van der Waals surface area (Å²) in [4.78, 5) is 38.2. The molecule has 172 valence electrons. The topological polar surface area (TPSA) is 109 Å². The molecule has 2 heterocycles. The maximum Gasteiger partial charge on any atom is 0.411 e. The first-order valence-electron chi connectivity index (χ1n) is 11.2. The highest BCUT2D eigenvalue weighted by molar-refractivity contribution is 6.00. The van der Waals surface area contributed by atoms with Crippen LogP contribution in [0.25, 0.3) is 11.1 Å². The lowest BCUT2D eigenvalue weighted by atomic mass is 9.98. The predicted octanol–water partition coefficient (Wildman–Crippen LogP) is 4.04. The molecular weight excluding hydrogens is 436 g/mol. The number of carbonyl (C=O) groups excluding carboxylic acids is 2. The lowest BCUT2D eigenvalue weighted by molar-refractivity contribution is -0.139. The number of piperidine rings is 1. The Hall–Kier alpha value is -4.07. The minimum absolute atomic E-state index is 0.00467. The van der Waals surface area contributed by atoms with Gasteiger partial charge in [0.25, 0.3) is 5.91 Å². The fourth-order valence-electron chi connectivity index (χ4n) is 5.52. The van der Waals surface area contributed by atoms with Crippen molar-refractivity contribution in [3.8, 4) is 11.1 Å². The lowest BCUT2D eigenvalue weighted by Crippen LogP contribution is -2.33. The van der Waals surface area contributed by atoms with E-state index in [4.69, 9.17) is 14.3 Å². The van der Waals surface area contributed by atoms with Crippen LogP contribution in [0.3, 0.4) is 0 Å². The molecule has 8 heteroatoms. The van der Waals surface area contributed by atoms with E-state index >= 15 is 0 Å². The summed E-state index contributed by atoms with van der Waals surface area (Å²) in [5, 5.41) is 11.8. The summed E-state index contributed by atoms with van der Waals surface area (Å²) < 4.78 is 10.9. The van der Waals surface area contributed by atoms with E-state index in [0.29, 0.717) is 13.1 Å². The summed E-state index contributed by atoms with van der Waals surface area (Å²) >= 11 is 0. The second-order valence-corrected chi connectivity index (χ2v) is 9.02. The number of benzene rings is 2. The molecule has 1 aliphatic heterocycles. The zero-order valence-electron chi connectivity index (χ0n) is 18.1. The molecule has 8 nitrogen and oxygen atoms in total. The number of rotatable bonds is 5.